The Balaban J connectivity index is 4.83. The van der Waals surface area contributed by atoms with Crippen LogP contribution < -0.4 is 0 Å². The lowest BCUT2D eigenvalue weighted by Crippen LogP contribution is -2.31. The van der Waals surface area contributed by atoms with Crippen molar-refractivity contribution in [2.45, 2.75) is 13.7 Å². The van der Waals surface area contributed by atoms with Gasteiger partial charge >= 0.3 is 0 Å². The van der Waals surface area contributed by atoms with E-state index in [2.05, 4.69) is 82.0 Å². The first-order valence-corrected chi connectivity index (χ1v) is 9.74. The van der Waals surface area contributed by atoms with Crippen molar-refractivity contribution in [1.29, 1.82) is 0 Å². The quantitative estimate of drug-likeness (QED) is 0.397. The molecule has 0 aliphatic rings. The molecule has 0 aromatic rings. The molecule has 0 nitrogen and oxygen atoms in total. The van der Waals surface area contributed by atoms with Crippen molar-refractivity contribution in [3.8, 4) is 0 Å². The van der Waals surface area contributed by atoms with E-state index in [1.807, 2.05) is 0 Å². The fourth-order valence-corrected chi connectivity index (χ4v) is 9.48. The van der Waals surface area contributed by atoms with Crippen LogP contribution in [-0.2, 0) is 0 Å². The molecule has 0 aliphatic heterocycles. The number of thiol groups is 6. The average molecular weight is 327 g/mol. The van der Waals surface area contributed by atoms with Crippen molar-refractivity contribution in [3.05, 3.63) is 0 Å². The average Bonchev–Trinajstić information content (AvgIpc) is 2.24. The van der Waals surface area contributed by atoms with Crippen LogP contribution in [-0.4, -0.2) is 37.3 Å². The summed E-state index contributed by atoms with van der Waals surface area (Å²) in [6.07, 6.45) is 2.21. The molecule has 0 spiro atoms. The molecule has 0 radical (unpaired) electrons. The second-order valence-electron chi connectivity index (χ2n) is 3.03. The van der Waals surface area contributed by atoms with Crippen LogP contribution in [0.4, 0.5) is 0 Å². The molecule has 0 fully saturated rings. The van der Waals surface area contributed by atoms with Gasteiger partial charge in [-0.3, -0.25) is 0 Å². The van der Waals surface area contributed by atoms with Gasteiger partial charge in [-0.15, -0.1) is 0 Å². The molecule has 0 N–H and O–H groups in total. The zero-order valence-electron chi connectivity index (χ0n) is 7.94. The maximum Gasteiger partial charge on any atom is 0.0422 e. The third-order valence-electron chi connectivity index (χ3n) is 2.23. The highest BCUT2D eigenvalue weighted by molar-refractivity contribution is 8.46. The molecule has 3 atom stereocenters. The zero-order valence-corrected chi connectivity index (χ0v) is 14.1. The zero-order chi connectivity index (χ0) is 11.4. The van der Waals surface area contributed by atoms with Crippen LogP contribution in [0.3, 0.4) is 0 Å². The summed E-state index contributed by atoms with van der Waals surface area (Å²) in [7, 11) is -1.06. The van der Waals surface area contributed by atoms with Gasteiger partial charge in [0, 0.05) is 31.0 Å². The summed E-state index contributed by atoms with van der Waals surface area (Å²) < 4.78 is 0.695. The minimum atomic E-state index is -1.06. The van der Waals surface area contributed by atoms with E-state index in [1.54, 1.807) is 0 Å². The minimum Gasteiger partial charge on any atom is -0.207 e. The Bertz CT molecular complexity index is 136. The highest BCUT2D eigenvalue weighted by Crippen LogP contribution is 2.62. The van der Waals surface area contributed by atoms with E-state index in [1.165, 1.54) is 0 Å². The Morgan fingerprint density at radius 1 is 0.786 bits per heavy atom. The maximum atomic E-state index is 4.59. The lowest BCUT2D eigenvalue weighted by atomic mass is 10.9. The topological polar surface area (TPSA) is 0 Å². The van der Waals surface area contributed by atoms with Crippen LogP contribution >= 0.6 is 85.8 Å². The molecule has 3 unspecified atom stereocenters. The number of hydrogen-bond acceptors (Lipinski definition) is 6. The van der Waals surface area contributed by atoms with Gasteiger partial charge in [0.1, 0.15) is 0 Å². The predicted octanol–water partition coefficient (Wildman–Crippen LogP) is 2.98. The van der Waals surface area contributed by atoms with Gasteiger partial charge in [-0.1, -0.05) is 0 Å². The van der Waals surface area contributed by atoms with Crippen molar-refractivity contribution in [1.82, 2.24) is 0 Å². The van der Waals surface area contributed by atoms with Crippen LogP contribution in [0.1, 0.15) is 0 Å². The first kappa shape index (κ1) is 16.4. The van der Waals surface area contributed by atoms with Gasteiger partial charge in [0.15, 0.2) is 0 Å². The van der Waals surface area contributed by atoms with Crippen molar-refractivity contribution in [2.75, 3.05) is 23.5 Å². The van der Waals surface area contributed by atoms with E-state index >= 15 is 0 Å². The van der Waals surface area contributed by atoms with Gasteiger partial charge in [-0.2, -0.15) is 75.8 Å². The Kier molecular flexibility index (Phi) is 9.06. The smallest absolute Gasteiger partial charge is 0.0422 e. The fourth-order valence-electron chi connectivity index (χ4n) is 1.03. The van der Waals surface area contributed by atoms with Crippen molar-refractivity contribution in [3.63, 3.8) is 0 Å². The van der Waals surface area contributed by atoms with Crippen LogP contribution in [0.2, 0.25) is 0 Å². The summed E-state index contributed by atoms with van der Waals surface area (Å²) in [4.78, 5) is 0. The SMILES string of the molecule is CS(C(S)CS)(C(S)CS)C(S)CS. The Hall–Kier alpha value is 2.45. The van der Waals surface area contributed by atoms with Gasteiger partial charge in [-0.05, 0) is 6.26 Å². The molecule has 0 rings (SSSR count). The molecule has 0 heterocycles. The predicted molar refractivity (Wildman–Crippen MR) is 93.4 cm³/mol. The summed E-state index contributed by atoms with van der Waals surface area (Å²) in [5.41, 5.74) is 0. The normalized spacial score (nSPS) is 24.8. The molecule has 0 saturated carbocycles. The first-order valence-electron chi connectivity index (χ1n) is 4.06. The highest BCUT2D eigenvalue weighted by atomic mass is 32.3. The molecule has 7 heteroatoms. The van der Waals surface area contributed by atoms with E-state index in [4.69, 9.17) is 0 Å². The number of rotatable bonds is 6. The summed E-state index contributed by atoms with van der Waals surface area (Å²) in [6, 6.07) is 0. The molecule has 0 aromatic carbocycles. The Morgan fingerprint density at radius 3 is 1.14 bits per heavy atom. The van der Waals surface area contributed by atoms with Gasteiger partial charge in [-0.25, -0.2) is 10.0 Å². The minimum absolute atomic E-state index is 0.232. The van der Waals surface area contributed by atoms with E-state index < -0.39 is 10.0 Å². The summed E-state index contributed by atoms with van der Waals surface area (Å²) in [6.45, 7) is 0. The Morgan fingerprint density at radius 2 is 1.00 bits per heavy atom. The lowest BCUT2D eigenvalue weighted by molar-refractivity contribution is 1.28. The highest BCUT2D eigenvalue weighted by Gasteiger charge is 2.36. The standard InChI is InChI=1S/C7H18S7/c1-14(5(11)2-8,6(12)3-9)7(13)4-10/h5-13H,2-4H2,1H3. The van der Waals surface area contributed by atoms with Gasteiger partial charge in [0.2, 0.25) is 0 Å². The molecule has 14 heavy (non-hydrogen) atoms. The third kappa shape index (κ3) is 3.74. The fraction of sp³-hybridized carbons (Fsp3) is 1.00. The van der Waals surface area contributed by atoms with Crippen molar-refractivity contribution < 1.29 is 0 Å². The van der Waals surface area contributed by atoms with Crippen molar-refractivity contribution in [2.24, 2.45) is 0 Å². The third-order valence-corrected chi connectivity index (χ3v) is 13.6. The largest absolute Gasteiger partial charge is 0.207 e. The monoisotopic (exact) mass is 326 g/mol. The van der Waals surface area contributed by atoms with E-state index in [0.29, 0.717) is 0 Å². The summed E-state index contributed by atoms with van der Waals surface area (Å²) in [5.74, 6) is 2.22. The van der Waals surface area contributed by atoms with Gasteiger partial charge < -0.3 is 0 Å². The summed E-state index contributed by atoms with van der Waals surface area (Å²) in [5, 5.41) is 0. The molecule has 0 aliphatic carbocycles. The second-order valence-corrected chi connectivity index (χ2v) is 11.0. The van der Waals surface area contributed by atoms with Crippen LogP contribution in [0.15, 0.2) is 0 Å². The lowest BCUT2D eigenvalue weighted by Gasteiger charge is -2.48. The molecule has 0 aromatic heterocycles. The molecular weight excluding hydrogens is 309 g/mol. The first-order chi connectivity index (χ1) is 6.44. The van der Waals surface area contributed by atoms with Crippen LogP contribution in [0.25, 0.3) is 0 Å². The van der Waals surface area contributed by atoms with Gasteiger partial charge in [0.05, 0.1) is 0 Å². The van der Waals surface area contributed by atoms with Crippen LogP contribution in [0, 0.1) is 0 Å². The summed E-state index contributed by atoms with van der Waals surface area (Å²) >= 11 is 26.7. The second kappa shape index (κ2) is 7.71. The maximum absolute atomic E-state index is 4.59. The van der Waals surface area contributed by atoms with Gasteiger partial charge in [0.25, 0.3) is 0 Å². The van der Waals surface area contributed by atoms with Crippen molar-refractivity contribution >= 4 is 85.8 Å². The number of hydrogen-bond donors (Lipinski definition) is 6. The van der Waals surface area contributed by atoms with E-state index in [0.717, 1.165) is 17.3 Å². The molecule has 0 bridgehead atoms. The molecule has 88 valence electrons. The van der Waals surface area contributed by atoms with E-state index in [-0.39, 0.29) is 13.7 Å². The molecular formula is C7H18S7. The van der Waals surface area contributed by atoms with Crippen LogP contribution in [0.5, 0.6) is 0 Å². The molecule has 0 saturated heterocycles. The molecule has 0 amide bonds. The Labute approximate surface area is 122 Å². The van der Waals surface area contributed by atoms with E-state index in [9.17, 15) is 0 Å².